The summed E-state index contributed by atoms with van der Waals surface area (Å²) in [5, 5.41) is 12.9. The van der Waals surface area contributed by atoms with Crippen molar-refractivity contribution in [2.45, 2.75) is 5.60 Å². The fourth-order valence-electron chi connectivity index (χ4n) is 3.24. The van der Waals surface area contributed by atoms with Gasteiger partial charge in [0.1, 0.15) is 11.4 Å². The fraction of sp³-hybridized carbons (Fsp3) is 0.316. The van der Waals surface area contributed by atoms with Gasteiger partial charge in [0.05, 0.1) is 30.0 Å². The first kappa shape index (κ1) is 20.9. The molecule has 28 heavy (non-hydrogen) atoms. The Bertz CT molecular complexity index is 918. The maximum absolute atomic E-state index is 14.4. The molecule has 1 saturated heterocycles. The highest BCUT2D eigenvalue weighted by Crippen LogP contribution is 2.31. The molecule has 1 heterocycles. The predicted octanol–water partition coefficient (Wildman–Crippen LogP) is 3.20. The van der Waals surface area contributed by atoms with Crippen LogP contribution in [0.4, 0.5) is 24.5 Å². The van der Waals surface area contributed by atoms with Gasteiger partial charge in [-0.15, -0.1) is 0 Å². The van der Waals surface area contributed by atoms with Crippen LogP contribution >= 0.6 is 22.6 Å². The van der Waals surface area contributed by atoms with Gasteiger partial charge < -0.3 is 20.2 Å². The monoisotopic (exact) mass is 505 g/mol. The molecule has 2 aromatic carbocycles. The first-order valence-corrected chi connectivity index (χ1v) is 9.54. The number of nitrogens with zero attached hydrogens (tertiary/aromatic N) is 2. The molecule has 5 nitrogen and oxygen atoms in total. The molecule has 9 heteroatoms. The zero-order valence-electron chi connectivity index (χ0n) is 15.3. The number of amides is 1. The van der Waals surface area contributed by atoms with Crippen molar-refractivity contribution in [3.8, 4) is 0 Å². The van der Waals surface area contributed by atoms with Crippen molar-refractivity contribution in [1.82, 2.24) is 9.80 Å². The number of likely N-dealkylation sites (tertiary alicyclic amines) is 1. The van der Waals surface area contributed by atoms with Gasteiger partial charge >= 0.3 is 0 Å². The van der Waals surface area contributed by atoms with E-state index in [-0.39, 0.29) is 24.3 Å². The molecule has 0 spiro atoms. The SMILES string of the molecule is CN(C)CC1(O)CN(C(=O)c2ccc(F)c(F)c2Nc2ccc(I)cc2F)C1. The number of halogens is 4. The Kier molecular flexibility index (Phi) is 5.87. The van der Waals surface area contributed by atoms with Crippen LogP contribution in [0, 0.1) is 21.0 Å². The second-order valence-corrected chi connectivity index (χ2v) is 8.40. The van der Waals surface area contributed by atoms with Gasteiger partial charge in [-0.2, -0.15) is 0 Å². The maximum atomic E-state index is 14.4. The molecule has 0 unspecified atom stereocenters. The number of hydrogen-bond donors (Lipinski definition) is 2. The molecule has 0 aliphatic carbocycles. The van der Waals surface area contributed by atoms with E-state index in [4.69, 9.17) is 0 Å². The first-order valence-electron chi connectivity index (χ1n) is 8.46. The number of benzene rings is 2. The average Bonchev–Trinajstić information content (AvgIpc) is 2.57. The van der Waals surface area contributed by atoms with Crippen LogP contribution in [0.3, 0.4) is 0 Å². The van der Waals surface area contributed by atoms with Crippen molar-refractivity contribution in [1.29, 1.82) is 0 Å². The Hall–Kier alpha value is -1.85. The molecular formula is C19H19F3IN3O2. The largest absolute Gasteiger partial charge is 0.385 e. The van der Waals surface area contributed by atoms with Gasteiger partial charge in [-0.05, 0) is 67.0 Å². The standard InChI is InChI=1S/C19H19F3IN3O2/c1-25(2)8-19(28)9-26(10-19)18(27)12-4-5-13(20)16(22)17(12)24-15-6-3-11(23)7-14(15)21/h3-7,24,28H,8-10H2,1-2H3. The van der Waals surface area contributed by atoms with Crippen molar-refractivity contribution in [3.63, 3.8) is 0 Å². The number of hydrogen-bond acceptors (Lipinski definition) is 4. The van der Waals surface area contributed by atoms with Crippen LogP contribution in [0.15, 0.2) is 30.3 Å². The molecule has 0 radical (unpaired) electrons. The normalized spacial score (nSPS) is 15.5. The lowest BCUT2D eigenvalue weighted by Crippen LogP contribution is -2.67. The Morgan fingerprint density at radius 2 is 1.89 bits per heavy atom. The number of aliphatic hydroxyl groups is 1. The van der Waals surface area contributed by atoms with Crippen molar-refractivity contribution < 1.29 is 23.1 Å². The van der Waals surface area contributed by atoms with E-state index in [0.717, 1.165) is 12.1 Å². The molecule has 3 rings (SSSR count). The zero-order chi connectivity index (χ0) is 20.6. The van der Waals surface area contributed by atoms with E-state index in [1.165, 1.54) is 17.0 Å². The first-order chi connectivity index (χ1) is 13.1. The summed E-state index contributed by atoms with van der Waals surface area (Å²) >= 11 is 1.93. The van der Waals surface area contributed by atoms with Crippen LogP contribution in [0.25, 0.3) is 0 Å². The summed E-state index contributed by atoms with van der Waals surface area (Å²) in [7, 11) is 3.60. The van der Waals surface area contributed by atoms with E-state index in [1.54, 1.807) is 25.1 Å². The Morgan fingerprint density at radius 3 is 2.50 bits per heavy atom. The van der Waals surface area contributed by atoms with E-state index in [0.29, 0.717) is 10.1 Å². The number of carbonyl (C=O) groups excluding carboxylic acids is 1. The number of β-amino-alcohol motifs (C(OH)–C–C–N with tert-alkyl or cyclic N) is 1. The topological polar surface area (TPSA) is 55.8 Å². The van der Waals surface area contributed by atoms with E-state index in [2.05, 4.69) is 5.32 Å². The summed E-state index contributed by atoms with van der Waals surface area (Å²) in [5.41, 5.74) is -1.70. The number of anilines is 2. The van der Waals surface area contributed by atoms with Crippen molar-refractivity contribution in [2.75, 3.05) is 39.0 Å². The molecule has 1 fully saturated rings. The molecule has 0 aromatic heterocycles. The minimum Gasteiger partial charge on any atom is -0.385 e. The summed E-state index contributed by atoms with van der Waals surface area (Å²) < 4.78 is 43.0. The third-order valence-corrected chi connectivity index (χ3v) is 5.06. The molecule has 1 aliphatic heterocycles. The third kappa shape index (κ3) is 4.26. The lowest BCUT2D eigenvalue weighted by molar-refractivity contribution is -0.0920. The second-order valence-electron chi connectivity index (χ2n) is 7.16. The molecule has 0 bridgehead atoms. The minimum atomic E-state index is -1.27. The second kappa shape index (κ2) is 7.88. The zero-order valence-corrected chi connectivity index (χ0v) is 17.4. The lowest BCUT2D eigenvalue weighted by atomic mass is 9.92. The Morgan fingerprint density at radius 1 is 1.21 bits per heavy atom. The van der Waals surface area contributed by atoms with Gasteiger partial charge in [0.25, 0.3) is 5.91 Å². The van der Waals surface area contributed by atoms with Gasteiger partial charge in [-0.1, -0.05) is 0 Å². The summed E-state index contributed by atoms with van der Waals surface area (Å²) in [5.74, 6) is -3.65. The number of nitrogens with one attached hydrogen (secondary N) is 1. The third-order valence-electron chi connectivity index (χ3n) is 4.38. The molecule has 2 aromatic rings. The quantitative estimate of drug-likeness (QED) is 0.614. The smallest absolute Gasteiger partial charge is 0.256 e. The number of rotatable bonds is 5. The van der Waals surface area contributed by atoms with Crippen LogP contribution in [0.2, 0.25) is 0 Å². The van der Waals surface area contributed by atoms with E-state index < -0.39 is 34.6 Å². The van der Waals surface area contributed by atoms with Crippen LogP contribution in [0.1, 0.15) is 10.4 Å². The molecule has 2 N–H and O–H groups in total. The lowest BCUT2D eigenvalue weighted by Gasteiger charge is -2.47. The van der Waals surface area contributed by atoms with E-state index >= 15 is 0 Å². The average molecular weight is 505 g/mol. The number of carbonyl (C=O) groups is 1. The van der Waals surface area contributed by atoms with Crippen molar-refractivity contribution in [2.24, 2.45) is 0 Å². The maximum Gasteiger partial charge on any atom is 0.256 e. The van der Waals surface area contributed by atoms with Gasteiger partial charge in [-0.25, -0.2) is 13.2 Å². The van der Waals surface area contributed by atoms with Crippen LogP contribution in [-0.2, 0) is 0 Å². The van der Waals surface area contributed by atoms with Gasteiger partial charge in [0.15, 0.2) is 11.6 Å². The summed E-state index contributed by atoms with van der Waals surface area (Å²) in [6.45, 7) is 0.508. The minimum absolute atomic E-state index is 0.0698. The highest BCUT2D eigenvalue weighted by atomic mass is 127. The van der Waals surface area contributed by atoms with E-state index in [1.807, 2.05) is 22.6 Å². The van der Waals surface area contributed by atoms with Crippen molar-refractivity contribution >= 4 is 39.9 Å². The van der Waals surface area contributed by atoms with Crippen molar-refractivity contribution in [3.05, 3.63) is 56.9 Å². The van der Waals surface area contributed by atoms with Crippen LogP contribution < -0.4 is 5.32 Å². The highest BCUT2D eigenvalue weighted by molar-refractivity contribution is 14.1. The molecule has 0 atom stereocenters. The summed E-state index contributed by atoms with van der Waals surface area (Å²) in [6, 6.07) is 6.22. The van der Waals surface area contributed by atoms with Gasteiger partial charge in [-0.3, -0.25) is 4.79 Å². The molecule has 150 valence electrons. The van der Waals surface area contributed by atoms with E-state index in [9.17, 15) is 23.1 Å². The predicted molar refractivity (Wildman–Crippen MR) is 108 cm³/mol. The van der Waals surface area contributed by atoms with Crippen LogP contribution in [-0.4, -0.2) is 60.1 Å². The molecule has 1 aliphatic rings. The molecular weight excluding hydrogens is 486 g/mol. The molecule has 0 saturated carbocycles. The summed E-state index contributed by atoms with van der Waals surface area (Å²) in [4.78, 5) is 15.9. The Labute approximate surface area is 174 Å². The Balaban J connectivity index is 1.88. The molecule has 1 amide bonds. The number of likely N-dealkylation sites (N-methyl/N-ethyl adjacent to an activating group) is 1. The van der Waals surface area contributed by atoms with Gasteiger partial charge in [0.2, 0.25) is 0 Å². The summed E-state index contributed by atoms with van der Waals surface area (Å²) in [6.07, 6.45) is 0. The highest BCUT2D eigenvalue weighted by Gasteiger charge is 2.44. The fourth-order valence-corrected chi connectivity index (χ4v) is 3.70. The van der Waals surface area contributed by atoms with Crippen LogP contribution in [0.5, 0.6) is 0 Å². The van der Waals surface area contributed by atoms with Gasteiger partial charge in [0, 0.05) is 10.1 Å².